The molecule has 2 rings (SSSR count). The van der Waals surface area contributed by atoms with Crippen LogP contribution in [0.1, 0.15) is 31.7 Å². The van der Waals surface area contributed by atoms with Crippen molar-refractivity contribution in [1.82, 2.24) is 0 Å². The van der Waals surface area contributed by atoms with E-state index in [0.29, 0.717) is 6.54 Å². The number of anilines is 1. The van der Waals surface area contributed by atoms with Gasteiger partial charge >= 0.3 is 0 Å². The van der Waals surface area contributed by atoms with Crippen LogP contribution in [0.5, 0.6) is 0 Å². The Labute approximate surface area is 111 Å². The summed E-state index contributed by atoms with van der Waals surface area (Å²) in [6.45, 7) is 2.79. The molecule has 1 aromatic carbocycles. The molecule has 18 heavy (non-hydrogen) atoms. The van der Waals surface area contributed by atoms with E-state index in [1.807, 2.05) is 0 Å². The molecule has 0 unspecified atom stereocenters. The van der Waals surface area contributed by atoms with E-state index in [1.54, 1.807) is 0 Å². The number of rotatable bonds is 4. The van der Waals surface area contributed by atoms with E-state index >= 15 is 0 Å². The second-order valence-corrected chi connectivity index (χ2v) is 5.61. The average molecular weight is 270 g/mol. The summed E-state index contributed by atoms with van der Waals surface area (Å²) in [4.78, 5) is -0.135. The summed E-state index contributed by atoms with van der Waals surface area (Å²) in [6, 6.07) is 2.89. The number of halogens is 2. The van der Waals surface area contributed by atoms with Gasteiger partial charge in [0.1, 0.15) is 4.99 Å². The monoisotopic (exact) mass is 270 g/mol. The molecule has 1 aliphatic rings. The van der Waals surface area contributed by atoms with Crippen LogP contribution in [0.15, 0.2) is 12.1 Å². The van der Waals surface area contributed by atoms with Crippen LogP contribution in [0.4, 0.5) is 14.5 Å². The lowest BCUT2D eigenvalue weighted by atomic mass is 9.70. The maximum Gasteiger partial charge on any atom is 0.182 e. The largest absolute Gasteiger partial charge is 0.389 e. The summed E-state index contributed by atoms with van der Waals surface area (Å²) in [7, 11) is 0. The second-order valence-electron chi connectivity index (χ2n) is 5.17. The van der Waals surface area contributed by atoms with Crippen molar-refractivity contribution in [1.29, 1.82) is 0 Å². The highest BCUT2D eigenvalue weighted by molar-refractivity contribution is 7.80. The quantitative estimate of drug-likeness (QED) is 0.825. The number of benzene rings is 1. The lowest BCUT2D eigenvalue weighted by molar-refractivity contribution is 0.180. The van der Waals surface area contributed by atoms with Crippen LogP contribution in [-0.2, 0) is 0 Å². The molecule has 0 atom stereocenters. The first-order valence-corrected chi connectivity index (χ1v) is 6.35. The first kappa shape index (κ1) is 13.2. The second kappa shape index (κ2) is 4.80. The molecule has 0 aromatic heterocycles. The lowest BCUT2D eigenvalue weighted by Gasteiger charge is -2.38. The van der Waals surface area contributed by atoms with Gasteiger partial charge in [-0.15, -0.1) is 0 Å². The Morgan fingerprint density at radius 1 is 1.39 bits per heavy atom. The van der Waals surface area contributed by atoms with Crippen molar-refractivity contribution in [2.24, 2.45) is 11.1 Å². The number of hydrogen-bond donors (Lipinski definition) is 2. The molecule has 1 saturated carbocycles. The molecule has 0 spiro atoms. The number of thiocarbonyl (C=S) groups is 1. The zero-order valence-corrected chi connectivity index (χ0v) is 11.0. The van der Waals surface area contributed by atoms with Crippen LogP contribution >= 0.6 is 12.2 Å². The topological polar surface area (TPSA) is 38.0 Å². The van der Waals surface area contributed by atoms with Gasteiger partial charge in [0.15, 0.2) is 11.6 Å². The maximum absolute atomic E-state index is 13.8. The molecule has 0 amide bonds. The van der Waals surface area contributed by atoms with E-state index in [-0.39, 0.29) is 21.7 Å². The normalized spacial score (nSPS) is 17.1. The molecule has 3 N–H and O–H groups in total. The van der Waals surface area contributed by atoms with Gasteiger partial charge in [-0.3, -0.25) is 0 Å². The van der Waals surface area contributed by atoms with Gasteiger partial charge in [-0.1, -0.05) is 25.6 Å². The van der Waals surface area contributed by atoms with Gasteiger partial charge in [-0.2, -0.15) is 0 Å². The standard InChI is InChI=1S/C13H16F2N2S/c1-13(5-2-6-13)7-17-9-4-3-8(12(16)18)10(14)11(9)15/h3-4,17H,2,5-7H2,1H3,(H2,16,18). The highest BCUT2D eigenvalue weighted by Gasteiger charge is 2.31. The molecule has 1 fully saturated rings. The Kier molecular flexibility index (Phi) is 3.52. The minimum absolute atomic E-state index is 0.0529. The van der Waals surface area contributed by atoms with E-state index in [1.165, 1.54) is 18.6 Å². The van der Waals surface area contributed by atoms with Gasteiger partial charge in [0.05, 0.1) is 5.69 Å². The summed E-state index contributed by atoms with van der Waals surface area (Å²) >= 11 is 4.65. The van der Waals surface area contributed by atoms with Gasteiger partial charge in [0, 0.05) is 12.1 Å². The van der Waals surface area contributed by atoms with Gasteiger partial charge in [0.25, 0.3) is 0 Å². The molecule has 0 bridgehead atoms. The molecule has 1 aromatic rings. The smallest absolute Gasteiger partial charge is 0.182 e. The zero-order chi connectivity index (χ0) is 13.3. The van der Waals surface area contributed by atoms with Gasteiger partial charge in [-0.25, -0.2) is 8.78 Å². The predicted molar refractivity (Wildman–Crippen MR) is 72.7 cm³/mol. The van der Waals surface area contributed by atoms with E-state index in [4.69, 9.17) is 5.73 Å². The van der Waals surface area contributed by atoms with Crippen LogP contribution in [-0.4, -0.2) is 11.5 Å². The van der Waals surface area contributed by atoms with Crippen molar-refractivity contribution in [3.63, 3.8) is 0 Å². The molecule has 0 heterocycles. The van der Waals surface area contributed by atoms with Crippen molar-refractivity contribution < 1.29 is 8.78 Å². The molecular weight excluding hydrogens is 254 g/mol. The fourth-order valence-corrected chi connectivity index (χ4v) is 2.30. The fourth-order valence-electron chi connectivity index (χ4n) is 2.14. The van der Waals surface area contributed by atoms with Crippen molar-refractivity contribution in [2.45, 2.75) is 26.2 Å². The van der Waals surface area contributed by atoms with Crippen LogP contribution in [0.2, 0.25) is 0 Å². The molecular formula is C13H16F2N2S. The minimum Gasteiger partial charge on any atom is -0.389 e. The molecule has 2 nitrogen and oxygen atoms in total. The van der Waals surface area contributed by atoms with Crippen LogP contribution in [0, 0.1) is 17.0 Å². The number of nitrogens with one attached hydrogen (secondary N) is 1. The Morgan fingerprint density at radius 2 is 2.06 bits per heavy atom. The summed E-state index contributed by atoms with van der Waals surface area (Å²) in [6.07, 6.45) is 3.44. The Morgan fingerprint density at radius 3 is 2.56 bits per heavy atom. The summed E-state index contributed by atoms with van der Waals surface area (Å²) in [5, 5.41) is 2.96. The molecule has 0 aliphatic heterocycles. The van der Waals surface area contributed by atoms with E-state index < -0.39 is 11.6 Å². The van der Waals surface area contributed by atoms with Gasteiger partial charge in [-0.05, 0) is 30.4 Å². The molecule has 1 aliphatic carbocycles. The highest BCUT2D eigenvalue weighted by atomic mass is 32.1. The SMILES string of the molecule is CC1(CNc2ccc(C(N)=S)c(F)c2F)CCC1. The zero-order valence-electron chi connectivity index (χ0n) is 10.2. The minimum atomic E-state index is -0.980. The van der Waals surface area contributed by atoms with Crippen molar-refractivity contribution in [2.75, 3.05) is 11.9 Å². The Balaban J connectivity index is 2.14. The lowest BCUT2D eigenvalue weighted by Crippen LogP contribution is -2.33. The van der Waals surface area contributed by atoms with Crippen molar-refractivity contribution in [3.8, 4) is 0 Å². The summed E-state index contributed by atoms with van der Waals surface area (Å²) in [5.74, 6) is -1.89. The summed E-state index contributed by atoms with van der Waals surface area (Å²) < 4.78 is 27.4. The van der Waals surface area contributed by atoms with Crippen LogP contribution in [0.25, 0.3) is 0 Å². The molecule has 0 saturated heterocycles. The fraction of sp³-hybridized carbons (Fsp3) is 0.462. The van der Waals surface area contributed by atoms with Crippen LogP contribution in [0.3, 0.4) is 0 Å². The van der Waals surface area contributed by atoms with E-state index in [9.17, 15) is 8.78 Å². The van der Waals surface area contributed by atoms with Crippen LogP contribution < -0.4 is 11.1 Å². The third-order valence-corrected chi connectivity index (χ3v) is 3.83. The molecule has 0 radical (unpaired) electrons. The van der Waals surface area contributed by atoms with Crippen molar-refractivity contribution >= 4 is 22.9 Å². The predicted octanol–water partition coefficient (Wildman–Crippen LogP) is 3.20. The number of nitrogens with two attached hydrogens (primary N) is 1. The Hall–Kier alpha value is -1.23. The van der Waals surface area contributed by atoms with Crippen molar-refractivity contribution in [3.05, 3.63) is 29.3 Å². The number of hydrogen-bond acceptors (Lipinski definition) is 2. The first-order chi connectivity index (χ1) is 8.43. The first-order valence-electron chi connectivity index (χ1n) is 5.95. The summed E-state index contributed by atoms with van der Waals surface area (Å²) in [5.41, 5.74) is 5.63. The highest BCUT2D eigenvalue weighted by Crippen LogP contribution is 2.40. The van der Waals surface area contributed by atoms with E-state index in [2.05, 4.69) is 24.5 Å². The van der Waals surface area contributed by atoms with E-state index in [0.717, 1.165) is 12.8 Å². The average Bonchev–Trinajstić information content (AvgIpc) is 2.28. The third-order valence-electron chi connectivity index (χ3n) is 3.61. The van der Waals surface area contributed by atoms with Gasteiger partial charge in [0.2, 0.25) is 0 Å². The molecule has 98 valence electrons. The third kappa shape index (κ3) is 2.46. The van der Waals surface area contributed by atoms with Gasteiger partial charge < -0.3 is 11.1 Å². The Bertz CT molecular complexity index is 484. The maximum atomic E-state index is 13.8. The molecule has 5 heteroatoms.